The van der Waals surface area contributed by atoms with Crippen molar-refractivity contribution in [1.82, 2.24) is 0 Å². The molecule has 0 fully saturated rings. The number of aryl methyl sites for hydroxylation is 2. The van der Waals surface area contributed by atoms with Crippen molar-refractivity contribution in [2.24, 2.45) is 0 Å². The first-order chi connectivity index (χ1) is 16.5. The van der Waals surface area contributed by atoms with E-state index in [9.17, 15) is 19.2 Å². The van der Waals surface area contributed by atoms with E-state index in [2.05, 4.69) is 9.47 Å². The molecule has 34 heavy (non-hydrogen) atoms. The lowest BCUT2D eigenvalue weighted by atomic mass is 9.99. The summed E-state index contributed by atoms with van der Waals surface area (Å²) in [5.41, 5.74) is 3.71. The van der Waals surface area contributed by atoms with Crippen molar-refractivity contribution in [2.45, 2.75) is 77.0 Å². The van der Waals surface area contributed by atoms with Gasteiger partial charge in [-0.05, 0) is 61.1 Å². The number of carbonyl (C=O) groups excluding carboxylic acids is 4. The Balaban J connectivity index is 1.00. The Hall–Kier alpha value is -3.28. The predicted molar refractivity (Wildman–Crippen MR) is 126 cm³/mol. The SMILES string of the molecule is O=C1OC(=O)c2cc(CCCCCCCCCCCCc3ccc4c(c3)C(=O)OC4=O)ccc21. The van der Waals surface area contributed by atoms with Crippen molar-refractivity contribution in [3.63, 3.8) is 0 Å². The maximum absolute atomic E-state index is 11.6. The van der Waals surface area contributed by atoms with Crippen molar-refractivity contribution in [3.8, 4) is 0 Å². The summed E-state index contributed by atoms with van der Waals surface area (Å²) in [7, 11) is 0. The number of ether oxygens (including phenoxy) is 2. The van der Waals surface area contributed by atoms with Crippen LogP contribution in [0.4, 0.5) is 0 Å². The zero-order valence-corrected chi connectivity index (χ0v) is 19.4. The van der Waals surface area contributed by atoms with E-state index in [1.807, 2.05) is 12.1 Å². The van der Waals surface area contributed by atoms with E-state index >= 15 is 0 Å². The van der Waals surface area contributed by atoms with Gasteiger partial charge in [-0.3, -0.25) is 0 Å². The largest absolute Gasteiger partial charge is 0.386 e. The number of carbonyl (C=O) groups is 4. The number of hydrogen-bond acceptors (Lipinski definition) is 6. The minimum absolute atomic E-state index is 0.376. The summed E-state index contributed by atoms with van der Waals surface area (Å²) >= 11 is 0. The first-order valence-corrected chi connectivity index (χ1v) is 12.3. The Morgan fingerprint density at radius 3 is 1.12 bits per heavy atom. The molecule has 0 saturated heterocycles. The molecule has 0 spiro atoms. The van der Waals surface area contributed by atoms with E-state index < -0.39 is 23.9 Å². The maximum atomic E-state index is 11.6. The van der Waals surface area contributed by atoms with Gasteiger partial charge in [0.1, 0.15) is 0 Å². The molecule has 2 aliphatic heterocycles. The lowest BCUT2D eigenvalue weighted by Crippen LogP contribution is -1.97. The molecule has 0 atom stereocenters. The van der Waals surface area contributed by atoms with Gasteiger partial charge in [0.15, 0.2) is 0 Å². The Labute approximate surface area is 199 Å². The molecular weight excluding hydrogens is 432 g/mol. The quantitative estimate of drug-likeness (QED) is 0.206. The van der Waals surface area contributed by atoms with Crippen molar-refractivity contribution in [1.29, 1.82) is 0 Å². The van der Waals surface area contributed by atoms with Gasteiger partial charge in [0, 0.05) is 0 Å². The number of cyclic esters (lactones) is 4. The Morgan fingerprint density at radius 1 is 0.412 bits per heavy atom. The summed E-state index contributed by atoms with van der Waals surface area (Å²) in [6.45, 7) is 0. The predicted octanol–water partition coefficient (Wildman–Crippen LogP) is 5.99. The van der Waals surface area contributed by atoms with Crippen LogP contribution in [0.15, 0.2) is 36.4 Å². The Bertz CT molecular complexity index is 1010. The molecule has 2 aliphatic rings. The molecule has 0 aromatic heterocycles. The molecule has 0 saturated carbocycles. The zero-order chi connectivity index (χ0) is 23.9. The topological polar surface area (TPSA) is 86.7 Å². The van der Waals surface area contributed by atoms with E-state index in [0.717, 1.165) is 36.8 Å². The molecule has 0 amide bonds. The number of fused-ring (bicyclic) bond motifs is 2. The van der Waals surface area contributed by atoms with Gasteiger partial charge in [-0.1, -0.05) is 63.5 Å². The van der Waals surface area contributed by atoms with Crippen LogP contribution in [-0.4, -0.2) is 23.9 Å². The van der Waals surface area contributed by atoms with Gasteiger partial charge in [-0.15, -0.1) is 0 Å². The molecular formula is C28H30O6. The number of hydrogen-bond donors (Lipinski definition) is 0. The fourth-order valence-corrected chi connectivity index (χ4v) is 4.65. The van der Waals surface area contributed by atoms with Gasteiger partial charge < -0.3 is 9.47 Å². The van der Waals surface area contributed by atoms with Gasteiger partial charge in [-0.25, -0.2) is 19.2 Å². The first-order valence-electron chi connectivity index (χ1n) is 12.3. The van der Waals surface area contributed by atoms with Crippen LogP contribution >= 0.6 is 0 Å². The fourth-order valence-electron chi connectivity index (χ4n) is 4.65. The van der Waals surface area contributed by atoms with Gasteiger partial charge in [0.2, 0.25) is 0 Å². The molecule has 2 aromatic rings. The Morgan fingerprint density at radius 2 is 0.735 bits per heavy atom. The van der Waals surface area contributed by atoms with E-state index in [1.54, 1.807) is 24.3 Å². The fraction of sp³-hybridized carbons (Fsp3) is 0.429. The number of benzene rings is 2. The van der Waals surface area contributed by atoms with E-state index in [-0.39, 0.29) is 0 Å². The highest BCUT2D eigenvalue weighted by Gasteiger charge is 2.30. The number of rotatable bonds is 13. The molecule has 0 N–H and O–H groups in total. The highest BCUT2D eigenvalue weighted by molar-refractivity contribution is 6.15. The molecule has 2 aromatic carbocycles. The molecule has 0 radical (unpaired) electrons. The van der Waals surface area contributed by atoms with Crippen LogP contribution in [0.1, 0.15) is 117 Å². The molecule has 178 valence electrons. The lowest BCUT2D eigenvalue weighted by Gasteiger charge is -2.05. The second kappa shape index (κ2) is 11.2. The van der Waals surface area contributed by atoms with Crippen molar-refractivity contribution >= 4 is 23.9 Å². The minimum Gasteiger partial charge on any atom is -0.386 e. The first kappa shape index (κ1) is 23.9. The molecule has 6 heteroatoms. The van der Waals surface area contributed by atoms with Crippen LogP contribution in [0.5, 0.6) is 0 Å². The number of unbranched alkanes of at least 4 members (excludes halogenated alkanes) is 9. The highest BCUT2D eigenvalue weighted by atomic mass is 16.6. The monoisotopic (exact) mass is 462 g/mol. The van der Waals surface area contributed by atoms with Gasteiger partial charge >= 0.3 is 23.9 Å². The molecule has 0 unspecified atom stereocenters. The van der Waals surface area contributed by atoms with E-state index in [1.165, 1.54) is 51.4 Å². The molecule has 0 aliphatic carbocycles. The minimum atomic E-state index is -0.544. The van der Waals surface area contributed by atoms with E-state index in [0.29, 0.717) is 22.3 Å². The third-order valence-corrected chi connectivity index (χ3v) is 6.60. The summed E-state index contributed by atoms with van der Waals surface area (Å²) in [4.78, 5) is 46.3. The van der Waals surface area contributed by atoms with Crippen LogP contribution < -0.4 is 0 Å². The van der Waals surface area contributed by atoms with Crippen molar-refractivity contribution < 1.29 is 28.7 Å². The summed E-state index contributed by atoms with van der Waals surface area (Å²) in [6.07, 6.45) is 13.8. The van der Waals surface area contributed by atoms with Crippen LogP contribution in [-0.2, 0) is 22.3 Å². The van der Waals surface area contributed by atoms with Crippen LogP contribution in [0.3, 0.4) is 0 Å². The van der Waals surface area contributed by atoms with Crippen LogP contribution in [0, 0.1) is 0 Å². The molecule has 6 nitrogen and oxygen atoms in total. The highest BCUT2D eigenvalue weighted by Crippen LogP contribution is 2.23. The van der Waals surface area contributed by atoms with Crippen LogP contribution in [0.25, 0.3) is 0 Å². The second-order valence-electron chi connectivity index (χ2n) is 9.15. The average Bonchev–Trinajstić information content (AvgIpc) is 3.28. The third-order valence-electron chi connectivity index (χ3n) is 6.60. The summed E-state index contributed by atoms with van der Waals surface area (Å²) in [5, 5.41) is 0. The molecule has 0 bridgehead atoms. The van der Waals surface area contributed by atoms with Gasteiger partial charge in [0.25, 0.3) is 0 Å². The summed E-state index contributed by atoms with van der Waals surface area (Å²) < 4.78 is 9.27. The second-order valence-corrected chi connectivity index (χ2v) is 9.15. The van der Waals surface area contributed by atoms with Crippen molar-refractivity contribution in [3.05, 3.63) is 69.8 Å². The standard InChI is InChI=1S/C28H30O6/c29-25-21-15-13-19(17-23(21)27(31)33-25)11-9-7-5-3-1-2-4-6-8-10-12-20-14-16-22-24(18-20)28(32)34-26(22)30/h13-18H,1-12H2. The lowest BCUT2D eigenvalue weighted by molar-refractivity contribution is 0.0425. The molecule has 2 heterocycles. The zero-order valence-electron chi connectivity index (χ0n) is 19.4. The van der Waals surface area contributed by atoms with Gasteiger partial charge in [-0.2, -0.15) is 0 Å². The third kappa shape index (κ3) is 5.79. The normalized spacial score (nSPS) is 14.2. The summed E-state index contributed by atoms with van der Waals surface area (Å²) in [5.74, 6) is -2.15. The van der Waals surface area contributed by atoms with Crippen molar-refractivity contribution in [2.75, 3.05) is 0 Å². The average molecular weight is 463 g/mol. The Kier molecular flexibility index (Phi) is 7.88. The summed E-state index contributed by atoms with van der Waals surface area (Å²) in [6, 6.07) is 10.8. The molecule has 4 rings (SSSR count). The van der Waals surface area contributed by atoms with E-state index in [4.69, 9.17) is 0 Å². The smallest absolute Gasteiger partial charge is 0.346 e. The maximum Gasteiger partial charge on any atom is 0.346 e. The van der Waals surface area contributed by atoms with Gasteiger partial charge in [0.05, 0.1) is 22.3 Å². The van der Waals surface area contributed by atoms with Crippen LogP contribution in [0.2, 0.25) is 0 Å². The number of esters is 4.